The Morgan fingerprint density at radius 3 is 2.40 bits per heavy atom. The fraction of sp³-hybridized carbons (Fsp3) is 0.600. The monoisotopic (exact) mass is 211 g/mol. The van der Waals surface area contributed by atoms with Gasteiger partial charge in [0, 0.05) is 5.92 Å². The molecule has 0 saturated heterocycles. The quantitative estimate of drug-likeness (QED) is 0.567. The van der Waals surface area contributed by atoms with E-state index in [0.29, 0.717) is 0 Å². The van der Waals surface area contributed by atoms with E-state index < -0.39 is 29.8 Å². The van der Waals surface area contributed by atoms with Crippen LogP contribution in [0.15, 0.2) is 12.2 Å². The van der Waals surface area contributed by atoms with Crippen molar-refractivity contribution in [2.24, 2.45) is 29.4 Å². The molecular formula is C10H13NO4. The van der Waals surface area contributed by atoms with Crippen LogP contribution in [-0.4, -0.2) is 28.2 Å². The molecule has 0 aromatic rings. The Morgan fingerprint density at radius 1 is 1.27 bits per heavy atom. The predicted octanol–water partition coefficient (Wildman–Crippen LogP) is -0.0788. The molecule has 2 bridgehead atoms. The van der Waals surface area contributed by atoms with E-state index in [9.17, 15) is 9.59 Å². The summed E-state index contributed by atoms with van der Waals surface area (Å²) in [6.07, 6.45) is 4.49. The molecule has 5 heteroatoms. The smallest absolute Gasteiger partial charge is 0.320 e. The summed E-state index contributed by atoms with van der Waals surface area (Å²) in [5.74, 6) is -3.17. The lowest BCUT2D eigenvalue weighted by Crippen LogP contribution is -2.45. The standard InChI is InChI=1S/C10H13NO4/c11-8(10(14)15)6-4-1-2-5(3-4)7(6)9(12)13/h1-2,4-8H,3,11H2,(H,12,13)(H,14,15)/t4?,5?,6-,7-,8?/m1/s1. The summed E-state index contributed by atoms with van der Waals surface area (Å²) < 4.78 is 0. The van der Waals surface area contributed by atoms with Gasteiger partial charge in [-0.25, -0.2) is 0 Å². The third-order valence-electron chi connectivity index (χ3n) is 3.51. The van der Waals surface area contributed by atoms with Gasteiger partial charge in [0.05, 0.1) is 5.92 Å². The molecular weight excluding hydrogens is 198 g/mol. The maximum atomic E-state index is 11.0. The molecule has 1 fully saturated rings. The molecule has 0 aliphatic heterocycles. The lowest BCUT2D eigenvalue weighted by atomic mass is 9.78. The molecule has 0 heterocycles. The molecule has 0 aromatic carbocycles. The number of nitrogens with two attached hydrogens (primary N) is 1. The van der Waals surface area contributed by atoms with E-state index >= 15 is 0 Å². The first-order valence-electron chi connectivity index (χ1n) is 4.92. The van der Waals surface area contributed by atoms with Crippen LogP contribution in [0.25, 0.3) is 0 Å². The molecule has 0 spiro atoms. The Hall–Kier alpha value is -1.36. The van der Waals surface area contributed by atoms with Crippen LogP contribution >= 0.6 is 0 Å². The number of carboxylic acid groups (broad SMARTS) is 2. The SMILES string of the molecule is NC(C(=O)O)[C@@H]1C2C=CC(C2)[C@H]1C(=O)O. The third kappa shape index (κ3) is 1.43. The number of hydrogen-bond acceptors (Lipinski definition) is 3. The Kier molecular flexibility index (Phi) is 2.26. The van der Waals surface area contributed by atoms with Crippen molar-refractivity contribution in [3.63, 3.8) is 0 Å². The van der Waals surface area contributed by atoms with Gasteiger partial charge in [-0.3, -0.25) is 9.59 Å². The second-order valence-electron chi connectivity index (χ2n) is 4.25. The maximum Gasteiger partial charge on any atom is 0.320 e. The fourth-order valence-corrected chi connectivity index (χ4v) is 2.86. The number of aliphatic carboxylic acids is 2. The number of fused-ring (bicyclic) bond motifs is 2. The largest absolute Gasteiger partial charge is 0.481 e. The number of carboxylic acids is 2. The minimum absolute atomic E-state index is 0.0159. The average Bonchev–Trinajstić information content (AvgIpc) is 2.74. The molecule has 1 saturated carbocycles. The summed E-state index contributed by atoms with van der Waals surface area (Å²) in [5, 5.41) is 17.9. The van der Waals surface area contributed by atoms with Crippen molar-refractivity contribution in [2.75, 3.05) is 0 Å². The average molecular weight is 211 g/mol. The van der Waals surface area contributed by atoms with Gasteiger partial charge in [-0.15, -0.1) is 0 Å². The van der Waals surface area contributed by atoms with Crippen LogP contribution < -0.4 is 5.73 Å². The molecule has 2 rings (SSSR count). The summed E-state index contributed by atoms with van der Waals surface area (Å²) in [5.41, 5.74) is 5.54. The van der Waals surface area contributed by atoms with Gasteiger partial charge in [-0.05, 0) is 18.3 Å². The van der Waals surface area contributed by atoms with Gasteiger partial charge in [-0.1, -0.05) is 12.2 Å². The second-order valence-corrected chi connectivity index (χ2v) is 4.25. The van der Waals surface area contributed by atoms with Gasteiger partial charge in [0.25, 0.3) is 0 Å². The highest BCUT2D eigenvalue weighted by molar-refractivity contribution is 5.78. The molecule has 2 aliphatic rings. The third-order valence-corrected chi connectivity index (χ3v) is 3.51. The van der Waals surface area contributed by atoms with Crippen LogP contribution in [0.3, 0.4) is 0 Å². The van der Waals surface area contributed by atoms with Gasteiger partial charge in [-0.2, -0.15) is 0 Å². The zero-order chi connectivity index (χ0) is 11.2. The molecule has 3 unspecified atom stereocenters. The van der Waals surface area contributed by atoms with Gasteiger partial charge in [0.1, 0.15) is 6.04 Å². The topological polar surface area (TPSA) is 101 Å². The van der Waals surface area contributed by atoms with Crippen LogP contribution in [0.4, 0.5) is 0 Å². The van der Waals surface area contributed by atoms with Gasteiger partial charge in [0.2, 0.25) is 0 Å². The van der Waals surface area contributed by atoms with E-state index in [2.05, 4.69) is 0 Å². The first kappa shape index (κ1) is 10.2. The molecule has 4 N–H and O–H groups in total. The number of hydrogen-bond donors (Lipinski definition) is 3. The number of rotatable bonds is 3. The maximum absolute atomic E-state index is 11.0. The summed E-state index contributed by atoms with van der Waals surface area (Å²) in [6, 6.07) is -1.08. The van der Waals surface area contributed by atoms with E-state index in [1.54, 1.807) is 0 Å². The molecule has 15 heavy (non-hydrogen) atoms. The highest BCUT2D eigenvalue weighted by Crippen LogP contribution is 2.49. The van der Waals surface area contributed by atoms with Crippen molar-refractivity contribution >= 4 is 11.9 Å². The lowest BCUT2D eigenvalue weighted by molar-refractivity contribution is -0.147. The molecule has 82 valence electrons. The minimum Gasteiger partial charge on any atom is -0.481 e. The van der Waals surface area contributed by atoms with Crippen molar-refractivity contribution in [3.05, 3.63) is 12.2 Å². The van der Waals surface area contributed by atoms with E-state index in [0.717, 1.165) is 6.42 Å². The molecule has 0 aromatic heterocycles. The minimum atomic E-state index is -1.12. The first-order valence-corrected chi connectivity index (χ1v) is 4.92. The Labute approximate surface area is 86.6 Å². The van der Waals surface area contributed by atoms with Crippen molar-refractivity contribution in [2.45, 2.75) is 12.5 Å². The number of carbonyl (C=O) groups is 2. The summed E-state index contributed by atoms with van der Waals surface area (Å²) in [4.78, 5) is 21.8. The van der Waals surface area contributed by atoms with E-state index in [1.807, 2.05) is 12.2 Å². The van der Waals surface area contributed by atoms with Crippen LogP contribution in [0.2, 0.25) is 0 Å². The van der Waals surface area contributed by atoms with E-state index in [-0.39, 0.29) is 11.8 Å². The summed E-state index contributed by atoms with van der Waals surface area (Å²) in [6.45, 7) is 0. The van der Waals surface area contributed by atoms with Gasteiger partial charge >= 0.3 is 11.9 Å². The lowest BCUT2D eigenvalue weighted by Gasteiger charge is -2.27. The molecule has 0 amide bonds. The van der Waals surface area contributed by atoms with Crippen molar-refractivity contribution in [1.82, 2.24) is 0 Å². The molecule has 2 aliphatic carbocycles. The fourth-order valence-electron chi connectivity index (χ4n) is 2.86. The van der Waals surface area contributed by atoms with Crippen molar-refractivity contribution in [1.29, 1.82) is 0 Å². The van der Waals surface area contributed by atoms with Crippen LogP contribution in [0.5, 0.6) is 0 Å². The Bertz CT molecular complexity index is 338. The van der Waals surface area contributed by atoms with Gasteiger partial charge in [0.15, 0.2) is 0 Å². The second kappa shape index (κ2) is 3.34. The molecule has 0 radical (unpaired) electrons. The van der Waals surface area contributed by atoms with Crippen molar-refractivity contribution in [3.8, 4) is 0 Å². The van der Waals surface area contributed by atoms with Crippen LogP contribution in [-0.2, 0) is 9.59 Å². The first-order chi connectivity index (χ1) is 7.02. The van der Waals surface area contributed by atoms with Crippen LogP contribution in [0.1, 0.15) is 6.42 Å². The Morgan fingerprint density at radius 2 is 1.87 bits per heavy atom. The highest BCUT2D eigenvalue weighted by Gasteiger charge is 2.52. The summed E-state index contributed by atoms with van der Waals surface area (Å²) in [7, 11) is 0. The molecule has 5 nitrogen and oxygen atoms in total. The summed E-state index contributed by atoms with van der Waals surface area (Å²) >= 11 is 0. The highest BCUT2D eigenvalue weighted by atomic mass is 16.4. The van der Waals surface area contributed by atoms with Crippen molar-refractivity contribution < 1.29 is 19.8 Å². The zero-order valence-corrected chi connectivity index (χ0v) is 8.04. The van der Waals surface area contributed by atoms with E-state index in [4.69, 9.17) is 15.9 Å². The predicted molar refractivity (Wildman–Crippen MR) is 51.0 cm³/mol. The van der Waals surface area contributed by atoms with Gasteiger partial charge < -0.3 is 15.9 Å². The van der Waals surface area contributed by atoms with Crippen LogP contribution in [0, 0.1) is 23.7 Å². The zero-order valence-electron chi connectivity index (χ0n) is 8.04. The molecule has 5 atom stereocenters. The number of allylic oxidation sites excluding steroid dienone is 2. The Balaban J connectivity index is 2.26. The normalized spacial score (nSPS) is 39.3. The van der Waals surface area contributed by atoms with E-state index in [1.165, 1.54) is 0 Å².